The van der Waals surface area contributed by atoms with Crippen LogP contribution in [0.2, 0.25) is 0 Å². The monoisotopic (exact) mass is 346 g/mol. The quantitative estimate of drug-likeness (QED) is 0.692. The molecule has 1 aromatic carbocycles. The molecule has 3 aromatic rings. The fourth-order valence-electron chi connectivity index (χ4n) is 2.60. The Morgan fingerprint density at radius 2 is 1.92 bits per heavy atom. The molecule has 25 heavy (non-hydrogen) atoms. The zero-order chi connectivity index (χ0) is 18.2. The van der Waals surface area contributed by atoms with Crippen LogP contribution in [0.4, 0.5) is 19.0 Å². The van der Waals surface area contributed by atoms with Gasteiger partial charge in [0, 0.05) is 30.0 Å². The van der Waals surface area contributed by atoms with Gasteiger partial charge < -0.3 is 5.32 Å². The lowest BCUT2D eigenvalue weighted by molar-refractivity contribution is 0.0174. The fraction of sp³-hybridized carbons (Fsp3) is 0.278. The second-order valence-corrected chi connectivity index (χ2v) is 6.02. The SMILES string of the molecule is Cc1nc(N[C@H](C)c2cccc(C(C)(F)F)c2)c2cc(F)ncc2n1. The molecule has 0 amide bonds. The summed E-state index contributed by atoms with van der Waals surface area (Å²) in [6.45, 7) is 4.41. The van der Waals surface area contributed by atoms with E-state index in [1.165, 1.54) is 24.4 Å². The number of alkyl halides is 2. The van der Waals surface area contributed by atoms with Crippen molar-refractivity contribution in [1.29, 1.82) is 0 Å². The molecule has 4 nitrogen and oxygen atoms in total. The molecule has 0 aliphatic rings. The van der Waals surface area contributed by atoms with Gasteiger partial charge in [0.25, 0.3) is 5.92 Å². The van der Waals surface area contributed by atoms with Crippen molar-refractivity contribution in [2.45, 2.75) is 32.7 Å². The molecule has 2 heterocycles. The van der Waals surface area contributed by atoms with Crippen LogP contribution in [-0.2, 0) is 5.92 Å². The Morgan fingerprint density at radius 3 is 2.64 bits per heavy atom. The average molecular weight is 346 g/mol. The molecule has 3 rings (SSSR count). The lowest BCUT2D eigenvalue weighted by Gasteiger charge is -2.19. The summed E-state index contributed by atoms with van der Waals surface area (Å²) < 4.78 is 40.6. The molecule has 0 saturated heterocycles. The number of rotatable bonds is 4. The van der Waals surface area contributed by atoms with E-state index in [2.05, 4.69) is 20.3 Å². The van der Waals surface area contributed by atoms with Gasteiger partial charge in [-0.15, -0.1) is 0 Å². The summed E-state index contributed by atoms with van der Waals surface area (Å²) in [4.78, 5) is 12.1. The van der Waals surface area contributed by atoms with Crippen LogP contribution in [0.25, 0.3) is 10.9 Å². The van der Waals surface area contributed by atoms with E-state index in [0.29, 0.717) is 28.1 Å². The van der Waals surface area contributed by atoms with Crippen molar-refractivity contribution in [3.63, 3.8) is 0 Å². The van der Waals surface area contributed by atoms with E-state index in [9.17, 15) is 13.2 Å². The molecule has 1 N–H and O–H groups in total. The highest BCUT2D eigenvalue weighted by Gasteiger charge is 2.24. The zero-order valence-electron chi connectivity index (χ0n) is 14.0. The van der Waals surface area contributed by atoms with Crippen molar-refractivity contribution in [3.8, 4) is 0 Å². The number of aryl methyl sites for hydroxylation is 1. The summed E-state index contributed by atoms with van der Waals surface area (Å²) in [5.74, 6) is -2.61. The Morgan fingerprint density at radius 1 is 1.16 bits per heavy atom. The number of anilines is 1. The van der Waals surface area contributed by atoms with Crippen LogP contribution in [0.3, 0.4) is 0 Å². The Balaban J connectivity index is 1.97. The molecule has 0 aliphatic carbocycles. The number of hydrogen-bond donors (Lipinski definition) is 1. The topological polar surface area (TPSA) is 50.7 Å². The standard InChI is InChI=1S/C18H17F3N4/c1-10(12-5-4-6-13(7-12)18(3,20)21)23-17-14-8-16(19)22-9-15(14)24-11(2)25-17/h4-10H,1-3H3,(H,23,24,25)/t10-/m1/s1. The predicted octanol–water partition coefficient (Wildman–Crippen LogP) is 4.76. The van der Waals surface area contributed by atoms with E-state index < -0.39 is 11.9 Å². The van der Waals surface area contributed by atoms with E-state index in [1.807, 2.05) is 6.92 Å². The van der Waals surface area contributed by atoms with Crippen LogP contribution in [0.15, 0.2) is 36.5 Å². The fourth-order valence-corrected chi connectivity index (χ4v) is 2.60. The number of pyridine rings is 1. The molecular formula is C18H17F3N4. The summed E-state index contributed by atoms with van der Waals surface area (Å²) in [7, 11) is 0. The van der Waals surface area contributed by atoms with Gasteiger partial charge in [-0.3, -0.25) is 0 Å². The van der Waals surface area contributed by atoms with Crippen molar-refractivity contribution < 1.29 is 13.2 Å². The number of benzene rings is 1. The highest BCUT2D eigenvalue weighted by Crippen LogP contribution is 2.30. The number of aromatic nitrogens is 3. The Labute approximate surface area is 143 Å². The van der Waals surface area contributed by atoms with E-state index in [1.54, 1.807) is 19.1 Å². The van der Waals surface area contributed by atoms with Crippen LogP contribution < -0.4 is 5.32 Å². The van der Waals surface area contributed by atoms with E-state index in [0.717, 1.165) is 6.92 Å². The molecule has 130 valence electrons. The summed E-state index contributed by atoms with van der Waals surface area (Å²) in [5, 5.41) is 3.65. The zero-order valence-corrected chi connectivity index (χ0v) is 14.0. The van der Waals surface area contributed by atoms with Gasteiger partial charge in [-0.25, -0.2) is 23.7 Å². The highest BCUT2D eigenvalue weighted by atomic mass is 19.3. The van der Waals surface area contributed by atoms with Crippen molar-refractivity contribution in [1.82, 2.24) is 15.0 Å². The van der Waals surface area contributed by atoms with Gasteiger partial charge in [-0.2, -0.15) is 4.39 Å². The third-order valence-electron chi connectivity index (χ3n) is 3.91. The lowest BCUT2D eigenvalue weighted by atomic mass is 10.0. The molecule has 0 unspecified atom stereocenters. The Bertz CT molecular complexity index is 922. The summed E-state index contributed by atoms with van der Waals surface area (Å²) in [6.07, 6.45) is 1.34. The number of halogens is 3. The summed E-state index contributed by atoms with van der Waals surface area (Å²) >= 11 is 0. The van der Waals surface area contributed by atoms with Crippen LogP contribution in [0.1, 0.15) is 36.8 Å². The van der Waals surface area contributed by atoms with Gasteiger partial charge in [0.1, 0.15) is 11.6 Å². The third-order valence-corrected chi connectivity index (χ3v) is 3.91. The van der Waals surface area contributed by atoms with Gasteiger partial charge in [0.2, 0.25) is 5.95 Å². The third kappa shape index (κ3) is 3.70. The number of hydrogen-bond acceptors (Lipinski definition) is 4. The van der Waals surface area contributed by atoms with Crippen molar-refractivity contribution >= 4 is 16.7 Å². The lowest BCUT2D eigenvalue weighted by Crippen LogP contribution is -2.12. The molecular weight excluding hydrogens is 329 g/mol. The molecule has 0 spiro atoms. The Kier molecular flexibility index (Phi) is 4.32. The van der Waals surface area contributed by atoms with Gasteiger partial charge in [-0.1, -0.05) is 18.2 Å². The van der Waals surface area contributed by atoms with Gasteiger partial charge in [-0.05, 0) is 25.5 Å². The predicted molar refractivity (Wildman–Crippen MR) is 90.1 cm³/mol. The molecule has 1 atom stereocenters. The first-order chi connectivity index (χ1) is 11.7. The molecule has 2 aromatic heterocycles. The average Bonchev–Trinajstić information content (AvgIpc) is 2.55. The van der Waals surface area contributed by atoms with Crippen molar-refractivity contribution in [2.24, 2.45) is 0 Å². The van der Waals surface area contributed by atoms with Gasteiger partial charge >= 0.3 is 0 Å². The van der Waals surface area contributed by atoms with Gasteiger partial charge in [0.15, 0.2) is 0 Å². The number of nitrogens with one attached hydrogen (secondary N) is 1. The van der Waals surface area contributed by atoms with Crippen LogP contribution in [0.5, 0.6) is 0 Å². The molecule has 0 fully saturated rings. The van der Waals surface area contributed by atoms with Crippen LogP contribution in [0, 0.1) is 12.9 Å². The molecule has 0 saturated carbocycles. The minimum atomic E-state index is -2.91. The van der Waals surface area contributed by atoms with Crippen molar-refractivity contribution in [3.05, 3.63) is 59.4 Å². The number of fused-ring (bicyclic) bond motifs is 1. The second-order valence-electron chi connectivity index (χ2n) is 6.02. The largest absolute Gasteiger partial charge is 0.363 e. The normalized spacial score (nSPS) is 13.0. The molecule has 0 aliphatic heterocycles. The van der Waals surface area contributed by atoms with Crippen LogP contribution >= 0.6 is 0 Å². The smallest absolute Gasteiger partial charge is 0.270 e. The highest BCUT2D eigenvalue weighted by molar-refractivity contribution is 5.88. The van der Waals surface area contributed by atoms with Crippen LogP contribution in [-0.4, -0.2) is 15.0 Å². The molecule has 0 radical (unpaired) electrons. The molecule has 7 heteroatoms. The van der Waals surface area contributed by atoms with Gasteiger partial charge in [0.05, 0.1) is 11.7 Å². The molecule has 0 bridgehead atoms. The summed E-state index contributed by atoms with van der Waals surface area (Å²) in [5.41, 5.74) is 1.13. The minimum absolute atomic E-state index is 0.0578. The summed E-state index contributed by atoms with van der Waals surface area (Å²) in [6, 6.07) is 7.13. The van der Waals surface area contributed by atoms with E-state index in [-0.39, 0.29) is 11.6 Å². The maximum atomic E-state index is 13.5. The minimum Gasteiger partial charge on any atom is -0.363 e. The van der Waals surface area contributed by atoms with Crippen molar-refractivity contribution in [2.75, 3.05) is 5.32 Å². The second kappa shape index (κ2) is 6.31. The maximum Gasteiger partial charge on any atom is 0.270 e. The Hall–Kier alpha value is -2.70. The van der Waals surface area contributed by atoms with E-state index in [4.69, 9.17) is 0 Å². The first-order valence-electron chi connectivity index (χ1n) is 7.79. The van der Waals surface area contributed by atoms with E-state index >= 15 is 0 Å². The number of nitrogens with zero attached hydrogens (tertiary/aromatic N) is 3. The maximum absolute atomic E-state index is 13.5. The first kappa shape index (κ1) is 17.1. The first-order valence-corrected chi connectivity index (χ1v) is 7.79.